The van der Waals surface area contributed by atoms with Crippen LogP contribution >= 0.6 is 0 Å². The van der Waals surface area contributed by atoms with Gasteiger partial charge in [0, 0.05) is 50.8 Å². The van der Waals surface area contributed by atoms with Crippen molar-refractivity contribution in [2.24, 2.45) is 0 Å². The van der Waals surface area contributed by atoms with Crippen LogP contribution < -0.4 is 0 Å². The number of amides is 2. The zero-order chi connectivity index (χ0) is 16.8. The molecule has 0 saturated carbocycles. The monoisotopic (exact) mass is 317 g/mol. The van der Waals surface area contributed by atoms with Crippen molar-refractivity contribution in [3.63, 3.8) is 0 Å². The standard InChI is InChI=1S/C16H19N3O4/c1-2-15(20)17-8-10-18(11-9-17)16(21)7-6-13-4-3-5-14(12-13)19(22)23/h3-7,12H,2,8-11H2,1H3/b7-6+. The van der Waals surface area contributed by atoms with Gasteiger partial charge in [0.05, 0.1) is 4.92 Å². The van der Waals surface area contributed by atoms with Crippen LogP contribution in [-0.4, -0.2) is 52.7 Å². The highest BCUT2D eigenvalue weighted by Crippen LogP contribution is 2.14. The number of nitrogens with zero attached hydrogens (tertiary/aromatic N) is 3. The van der Waals surface area contributed by atoms with Crippen LogP contribution in [0.15, 0.2) is 30.3 Å². The average Bonchev–Trinajstić information content (AvgIpc) is 2.59. The second-order valence-electron chi connectivity index (χ2n) is 5.25. The third kappa shape index (κ3) is 4.38. The lowest BCUT2D eigenvalue weighted by Crippen LogP contribution is -2.50. The van der Waals surface area contributed by atoms with Crippen molar-refractivity contribution in [3.05, 3.63) is 46.0 Å². The second-order valence-corrected chi connectivity index (χ2v) is 5.25. The first-order chi connectivity index (χ1) is 11.0. The normalized spacial score (nSPS) is 15.0. The summed E-state index contributed by atoms with van der Waals surface area (Å²) in [7, 11) is 0. The van der Waals surface area contributed by atoms with Gasteiger partial charge in [0.15, 0.2) is 0 Å². The topological polar surface area (TPSA) is 83.8 Å². The Kier molecular flexibility index (Phi) is 5.46. The highest BCUT2D eigenvalue weighted by atomic mass is 16.6. The Balaban J connectivity index is 1.93. The zero-order valence-corrected chi connectivity index (χ0v) is 13.0. The number of nitro groups is 1. The summed E-state index contributed by atoms with van der Waals surface area (Å²) < 4.78 is 0. The molecule has 2 amide bonds. The molecule has 1 aliphatic rings. The minimum absolute atomic E-state index is 0.00806. The molecule has 0 N–H and O–H groups in total. The maximum absolute atomic E-state index is 12.1. The molecule has 0 radical (unpaired) electrons. The molecule has 1 saturated heterocycles. The molecule has 122 valence electrons. The van der Waals surface area contributed by atoms with Crippen molar-refractivity contribution in [3.8, 4) is 0 Å². The van der Waals surface area contributed by atoms with Gasteiger partial charge < -0.3 is 9.80 Å². The lowest BCUT2D eigenvalue weighted by Gasteiger charge is -2.34. The van der Waals surface area contributed by atoms with E-state index in [9.17, 15) is 19.7 Å². The summed E-state index contributed by atoms with van der Waals surface area (Å²) in [6, 6.07) is 6.11. The molecule has 0 spiro atoms. The van der Waals surface area contributed by atoms with Crippen LogP contribution in [-0.2, 0) is 9.59 Å². The van der Waals surface area contributed by atoms with Crippen LogP contribution in [0, 0.1) is 10.1 Å². The van der Waals surface area contributed by atoms with E-state index in [1.165, 1.54) is 18.2 Å². The Bertz CT molecular complexity index is 634. The van der Waals surface area contributed by atoms with Crippen LogP contribution in [0.4, 0.5) is 5.69 Å². The van der Waals surface area contributed by atoms with E-state index in [0.717, 1.165) is 0 Å². The fourth-order valence-corrected chi connectivity index (χ4v) is 2.41. The first kappa shape index (κ1) is 16.7. The lowest BCUT2D eigenvalue weighted by atomic mass is 10.2. The van der Waals surface area contributed by atoms with Crippen LogP contribution in [0.5, 0.6) is 0 Å². The van der Waals surface area contributed by atoms with Crippen molar-refractivity contribution < 1.29 is 14.5 Å². The number of hydrogen-bond acceptors (Lipinski definition) is 4. The van der Waals surface area contributed by atoms with Crippen molar-refractivity contribution in [1.82, 2.24) is 9.80 Å². The summed E-state index contributed by atoms with van der Waals surface area (Å²) in [5.74, 6) is -0.0515. The first-order valence-electron chi connectivity index (χ1n) is 7.50. The Morgan fingerprint density at radius 1 is 1.22 bits per heavy atom. The van der Waals surface area contributed by atoms with Gasteiger partial charge in [-0.05, 0) is 11.6 Å². The molecule has 1 heterocycles. The molecule has 0 unspecified atom stereocenters. The van der Waals surface area contributed by atoms with Gasteiger partial charge in [0.2, 0.25) is 11.8 Å². The Labute approximate surface area is 134 Å². The molecule has 0 atom stereocenters. The smallest absolute Gasteiger partial charge is 0.270 e. The Hall–Kier alpha value is -2.70. The minimum Gasteiger partial charge on any atom is -0.339 e. The van der Waals surface area contributed by atoms with Crippen LogP contribution in [0.2, 0.25) is 0 Å². The first-order valence-corrected chi connectivity index (χ1v) is 7.50. The predicted octanol–water partition coefficient (Wildman–Crippen LogP) is 1.69. The third-order valence-corrected chi connectivity index (χ3v) is 3.75. The fourth-order valence-electron chi connectivity index (χ4n) is 2.41. The van der Waals surface area contributed by atoms with E-state index in [0.29, 0.717) is 38.2 Å². The summed E-state index contributed by atoms with van der Waals surface area (Å²) in [4.78, 5) is 37.4. The Morgan fingerprint density at radius 2 is 1.87 bits per heavy atom. The zero-order valence-electron chi connectivity index (χ0n) is 13.0. The molecule has 23 heavy (non-hydrogen) atoms. The maximum atomic E-state index is 12.1. The molecule has 0 aliphatic carbocycles. The van der Waals surface area contributed by atoms with Gasteiger partial charge in [-0.3, -0.25) is 19.7 Å². The van der Waals surface area contributed by atoms with Crippen molar-refractivity contribution in [2.75, 3.05) is 26.2 Å². The summed E-state index contributed by atoms with van der Waals surface area (Å²) in [5, 5.41) is 10.7. The molecular formula is C16H19N3O4. The van der Waals surface area contributed by atoms with E-state index in [1.807, 2.05) is 6.92 Å². The molecule has 7 nitrogen and oxygen atoms in total. The number of hydrogen-bond donors (Lipinski definition) is 0. The molecule has 0 aromatic heterocycles. The number of rotatable bonds is 4. The number of carbonyl (C=O) groups excluding carboxylic acids is 2. The van der Waals surface area contributed by atoms with E-state index in [4.69, 9.17) is 0 Å². The van der Waals surface area contributed by atoms with E-state index in [2.05, 4.69) is 0 Å². The summed E-state index contributed by atoms with van der Waals surface area (Å²) in [6.07, 6.45) is 3.45. The van der Waals surface area contributed by atoms with E-state index >= 15 is 0 Å². The predicted molar refractivity (Wildman–Crippen MR) is 85.6 cm³/mol. The van der Waals surface area contributed by atoms with Gasteiger partial charge in [-0.25, -0.2) is 0 Å². The number of carbonyl (C=O) groups is 2. The molecule has 1 aromatic carbocycles. The van der Waals surface area contributed by atoms with E-state index < -0.39 is 4.92 Å². The number of piperazine rings is 1. The largest absolute Gasteiger partial charge is 0.339 e. The van der Waals surface area contributed by atoms with Crippen LogP contribution in [0.25, 0.3) is 6.08 Å². The highest BCUT2D eigenvalue weighted by Gasteiger charge is 2.21. The molecule has 1 fully saturated rings. The molecule has 7 heteroatoms. The van der Waals surface area contributed by atoms with Crippen LogP contribution in [0.1, 0.15) is 18.9 Å². The summed E-state index contributed by atoms with van der Waals surface area (Å²) in [6.45, 7) is 3.92. The van der Waals surface area contributed by atoms with Gasteiger partial charge in [-0.1, -0.05) is 19.1 Å². The molecule has 1 aliphatic heterocycles. The lowest BCUT2D eigenvalue weighted by molar-refractivity contribution is -0.384. The second kappa shape index (κ2) is 7.53. The summed E-state index contributed by atoms with van der Waals surface area (Å²) >= 11 is 0. The molecule has 2 rings (SSSR count). The van der Waals surface area contributed by atoms with Gasteiger partial charge in [0.25, 0.3) is 5.69 Å². The van der Waals surface area contributed by atoms with Crippen LogP contribution in [0.3, 0.4) is 0 Å². The quantitative estimate of drug-likeness (QED) is 0.480. The minimum atomic E-state index is -0.469. The van der Waals surface area contributed by atoms with E-state index in [-0.39, 0.29) is 17.5 Å². The Morgan fingerprint density at radius 3 is 2.48 bits per heavy atom. The average molecular weight is 317 g/mol. The van der Waals surface area contributed by atoms with E-state index in [1.54, 1.807) is 28.0 Å². The number of non-ortho nitro benzene ring substituents is 1. The number of benzene rings is 1. The molecule has 1 aromatic rings. The van der Waals surface area contributed by atoms with Gasteiger partial charge in [-0.2, -0.15) is 0 Å². The van der Waals surface area contributed by atoms with Gasteiger partial charge in [-0.15, -0.1) is 0 Å². The SMILES string of the molecule is CCC(=O)N1CCN(C(=O)/C=C/c2cccc([N+](=O)[O-])c2)CC1. The molecular weight excluding hydrogens is 298 g/mol. The number of nitro benzene ring substituents is 1. The summed E-state index contributed by atoms with van der Waals surface area (Å²) in [5.41, 5.74) is 0.596. The maximum Gasteiger partial charge on any atom is 0.270 e. The van der Waals surface area contributed by atoms with Gasteiger partial charge >= 0.3 is 0 Å². The molecule has 0 bridgehead atoms. The fraction of sp³-hybridized carbons (Fsp3) is 0.375. The van der Waals surface area contributed by atoms with Crippen molar-refractivity contribution in [1.29, 1.82) is 0 Å². The van der Waals surface area contributed by atoms with Gasteiger partial charge in [0.1, 0.15) is 0 Å². The highest BCUT2D eigenvalue weighted by molar-refractivity contribution is 5.92. The third-order valence-electron chi connectivity index (χ3n) is 3.75. The van der Waals surface area contributed by atoms with Crippen molar-refractivity contribution in [2.45, 2.75) is 13.3 Å². The van der Waals surface area contributed by atoms with Crippen molar-refractivity contribution >= 4 is 23.6 Å².